The summed E-state index contributed by atoms with van der Waals surface area (Å²) in [6, 6.07) is 5.91. The number of nitrogens with zero attached hydrogens (tertiary/aromatic N) is 1. The van der Waals surface area contributed by atoms with Gasteiger partial charge in [0.25, 0.3) is 0 Å². The Morgan fingerprint density at radius 2 is 2.06 bits per heavy atom. The van der Waals surface area contributed by atoms with Crippen molar-refractivity contribution in [1.82, 2.24) is 4.90 Å². The first-order valence-corrected chi connectivity index (χ1v) is 6.90. The molecule has 1 aromatic rings. The van der Waals surface area contributed by atoms with Crippen LogP contribution in [0.1, 0.15) is 25.3 Å². The van der Waals surface area contributed by atoms with E-state index in [0.717, 1.165) is 23.6 Å². The lowest BCUT2D eigenvalue weighted by molar-refractivity contribution is 0.146. The standard InChI is InChI=1S/C15H24N2O/c1-3-17-8-6-13(7-9-17)11-18-14-4-5-15(16)12(2)10-14/h4-5,10,13H,3,6-9,11,16H2,1-2H3. The van der Waals surface area contributed by atoms with Crippen molar-refractivity contribution in [1.29, 1.82) is 0 Å². The minimum Gasteiger partial charge on any atom is -0.493 e. The second-order valence-corrected chi connectivity index (χ2v) is 5.21. The molecule has 0 spiro atoms. The molecule has 1 heterocycles. The van der Waals surface area contributed by atoms with Crippen LogP contribution in [0.4, 0.5) is 5.69 Å². The number of hydrogen-bond acceptors (Lipinski definition) is 3. The highest BCUT2D eigenvalue weighted by Gasteiger charge is 2.18. The molecule has 1 fully saturated rings. The third kappa shape index (κ3) is 3.39. The average molecular weight is 248 g/mol. The van der Waals surface area contributed by atoms with Gasteiger partial charge in [0.05, 0.1) is 6.61 Å². The predicted octanol–water partition coefficient (Wildman–Crippen LogP) is 2.69. The van der Waals surface area contributed by atoms with Crippen LogP contribution in [-0.4, -0.2) is 31.1 Å². The number of hydrogen-bond donors (Lipinski definition) is 1. The van der Waals surface area contributed by atoms with Crippen LogP contribution >= 0.6 is 0 Å². The Bertz CT molecular complexity index is 384. The highest BCUT2D eigenvalue weighted by molar-refractivity contribution is 5.49. The Kier molecular flexibility index (Phi) is 4.48. The summed E-state index contributed by atoms with van der Waals surface area (Å²) in [5.41, 5.74) is 7.72. The van der Waals surface area contributed by atoms with Crippen molar-refractivity contribution >= 4 is 5.69 Å². The minimum atomic E-state index is 0.700. The molecule has 1 aliphatic rings. The molecular weight excluding hydrogens is 224 g/mol. The fourth-order valence-corrected chi connectivity index (χ4v) is 2.42. The molecule has 3 heteroatoms. The maximum absolute atomic E-state index is 5.88. The number of rotatable bonds is 4. The summed E-state index contributed by atoms with van der Waals surface area (Å²) in [7, 11) is 0. The van der Waals surface area contributed by atoms with Crippen molar-refractivity contribution in [2.45, 2.75) is 26.7 Å². The molecular formula is C15H24N2O. The van der Waals surface area contributed by atoms with E-state index >= 15 is 0 Å². The number of ether oxygens (including phenoxy) is 1. The van der Waals surface area contributed by atoms with E-state index in [9.17, 15) is 0 Å². The van der Waals surface area contributed by atoms with Crippen LogP contribution in [0.25, 0.3) is 0 Å². The maximum Gasteiger partial charge on any atom is 0.119 e. The molecule has 100 valence electrons. The minimum absolute atomic E-state index is 0.700. The summed E-state index contributed by atoms with van der Waals surface area (Å²) in [5.74, 6) is 1.64. The van der Waals surface area contributed by atoms with Crippen molar-refractivity contribution in [3.63, 3.8) is 0 Å². The Morgan fingerprint density at radius 3 is 2.67 bits per heavy atom. The smallest absolute Gasteiger partial charge is 0.119 e. The zero-order valence-electron chi connectivity index (χ0n) is 11.5. The average Bonchev–Trinajstić information content (AvgIpc) is 2.41. The van der Waals surface area contributed by atoms with E-state index in [2.05, 4.69) is 11.8 Å². The van der Waals surface area contributed by atoms with Gasteiger partial charge in [-0.2, -0.15) is 0 Å². The molecule has 0 aliphatic carbocycles. The van der Waals surface area contributed by atoms with E-state index < -0.39 is 0 Å². The van der Waals surface area contributed by atoms with Crippen molar-refractivity contribution in [3.8, 4) is 5.75 Å². The Balaban J connectivity index is 1.79. The monoisotopic (exact) mass is 248 g/mol. The molecule has 1 saturated heterocycles. The van der Waals surface area contributed by atoms with Crippen LogP contribution in [0, 0.1) is 12.8 Å². The van der Waals surface area contributed by atoms with Gasteiger partial charge in [0.15, 0.2) is 0 Å². The predicted molar refractivity (Wildman–Crippen MR) is 75.9 cm³/mol. The van der Waals surface area contributed by atoms with Crippen molar-refractivity contribution in [2.75, 3.05) is 32.0 Å². The molecule has 0 unspecified atom stereocenters. The van der Waals surface area contributed by atoms with Crippen LogP contribution in [0.3, 0.4) is 0 Å². The third-order valence-electron chi connectivity index (χ3n) is 3.88. The Hall–Kier alpha value is -1.22. The van der Waals surface area contributed by atoms with Crippen LogP contribution in [-0.2, 0) is 0 Å². The summed E-state index contributed by atoms with van der Waals surface area (Å²) < 4.78 is 5.88. The van der Waals surface area contributed by atoms with Crippen LogP contribution in [0.5, 0.6) is 5.75 Å². The lowest BCUT2D eigenvalue weighted by Gasteiger charge is -2.30. The lowest BCUT2D eigenvalue weighted by atomic mass is 9.98. The molecule has 0 bridgehead atoms. The molecule has 0 aromatic heterocycles. The van der Waals surface area contributed by atoms with Gasteiger partial charge >= 0.3 is 0 Å². The molecule has 2 rings (SSSR count). The van der Waals surface area contributed by atoms with Gasteiger partial charge < -0.3 is 15.4 Å². The number of piperidine rings is 1. The van der Waals surface area contributed by atoms with E-state index in [1.807, 2.05) is 25.1 Å². The maximum atomic E-state index is 5.88. The third-order valence-corrected chi connectivity index (χ3v) is 3.88. The van der Waals surface area contributed by atoms with Crippen molar-refractivity contribution < 1.29 is 4.74 Å². The lowest BCUT2D eigenvalue weighted by Crippen LogP contribution is -2.35. The van der Waals surface area contributed by atoms with Crippen molar-refractivity contribution in [2.24, 2.45) is 5.92 Å². The van der Waals surface area contributed by atoms with E-state index in [0.29, 0.717) is 5.92 Å². The zero-order chi connectivity index (χ0) is 13.0. The first-order valence-electron chi connectivity index (χ1n) is 6.90. The van der Waals surface area contributed by atoms with Gasteiger partial charge in [-0.05, 0) is 69.1 Å². The van der Waals surface area contributed by atoms with Gasteiger partial charge in [0.1, 0.15) is 5.75 Å². The largest absolute Gasteiger partial charge is 0.493 e. The normalized spacial score (nSPS) is 17.9. The molecule has 3 nitrogen and oxygen atoms in total. The molecule has 0 atom stereocenters. The van der Waals surface area contributed by atoms with Gasteiger partial charge in [0, 0.05) is 5.69 Å². The zero-order valence-corrected chi connectivity index (χ0v) is 11.5. The topological polar surface area (TPSA) is 38.5 Å². The molecule has 0 amide bonds. The first kappa shape index (κ1) is 13.2. The summed E-state index contributed by atoms with van der Waals surface area (Å²) in [6.07, 6.45) is 2.50. The quantitative estimate of drug-likeness (QED) is 0.833. The SMILES string of the molecule is CCN1CCC(COc2ccc(N)c(C)c2)CC1. The summed E-state index contributed by atoms with van der Waals surface area (Å²) in [6.45, 7) is 8.68. The molecule has 2 N–H and O–H groups in total. The number of aryl methyl sites for hydroxylation is 1. The van der Waals surface area contributed by atoms with Gasteiger partial charge in [-0.1, -0.05) is 6.92 Å². The molecule has 18 heavy (non-hydrogen) atoms. The summed E-state index contributed by atoms with van der Waals surface area (Å²) >= 11 is 0. The second kappa shape index (κ2) is 6.10. The van der Waals surface area contributed by atoms with E-state index in [-0.39, 0.29) is 0 Å². The van der Waals surface area contributed by atoms with Crippen LogP contribution in [0.2, 0.25) is 0 Å². The summed E-state index contributed by atoms with van der Waals surface area (Å²) in [4.78, 5) is 2.50. The van der Waals surface area contributed by atoms with Gasteiger partial charge in [-0.3, -0.25) is 0 Å². The summed E-state index contributed by atoms with van der Waals surface area (Å²) in [5, 5.41) is 0. The van der Waals surface area contributed by atoms with Crippen molar-refractivity contribution in [3.05, 3.63) is 23.8 Å². The fourth-order valence-electron chi connectivity index (χ4n) is 2.42. The fraction of sp³-hybridized carbons (Fsp3) is 0.600. The van der Waals surface area contributed by atoms with Gasteiger partial charge in [-0.25, -0.2) is 0 Å². The van der Waals surface area contributed by atoms with E-state index in [4.69, 9.17) is 10.5 Å². The van der Waals surface area contributed by atoms with Crippen LogP contribution in [0.15, 0.2) is 18.2 Å². The van der Waals surface area contributed by atoms with Gasteiger partial charge in [0.2, 0.25) is 0 Å². The number of likely N-dealkylation sites (tertiary alicyclic amines) is 1. The second-order valence-electron chi connectivity index (χ2n) is 5.21. The highest BCUT2D eigenvalue weighted by Crippen LogP contribution is 2.22. The number of benzene rings is 1. The van der Waals surface area contributed by atoms with Crippen LogP contribution < -0.4 is 10.5 Å². The van der Waals surface area contributed by atoms with E-state index in [1.165, 1.54) is 32.5 Å². The number of nitrogens with two attached hydrogens (primary N) is 1. The first-order chi connectivity index (χ1) is 8.69. The molecule has 0 radical (unpaired) electrons. The molecule has 1 aliphatic heterocycles. The number of nitrogen functional groups attached to an aromatic ring is 1. The molecule has 0 saturated carbocycles. The van der Waals surface area contributed by atoms with E-state index in [1.54, 1.807) is 0 Å². The Morgan fingerprint density at radius 1 is 1.33 bits per heavy atom. The number of anilines is 1. The highest BCUT2D eigenvalue weighted by atomic mass is 16.5. The Labute approximate surface area is 110 Å². The molecule has 1 aromatic carbocycles. The van der Waals surface area contributed by atoms with Gasteiger partial charge in [-0.15, -0.1) is 0 Å².